The lowest BCUT2D eigenvalue weighted by Crippen LogP contribution is -2.40. The van der Waals surface area contributed by atoms with Gasteiger partial charge in [-0.2, -0.15) is 0 Å². The summed E-state index contributed by atoms with van der Waals surface area (Å²) < 4.78 is 14.5. The van der Waals surface area contributed by atoms with Crippen LogP contribution in [0.5, 0.6) is 0 Å². The molecule has 3 aromatic rings. The van der Waals surface area contributed by atoms with Crippen LogP contribution in [0.1, 0.15) is 37.4 Å². The largest absolute Gasteiger partial charge is 0.488 e. The fourth-order valence-electron chi connectivity index (χ4n) is 4.60. The number of hydrogen-bond donors (Lipinski definition) is 0. The van der Waals surface area contributed by atoms with E-state index >= 15 is 0 Å². The number of benzene rings is 2. The Kier molecular flexibility index (Phi) is 7.90. The summed E-state index contributed by atoms with van der Waals surface area (Å²) in [7, 11) is 0. The molecule has 6 nitrogen and oxygen atoms in total. The second kappa shape index (κ2) is 11.5. The highest BCUT2D eigenvalue weighted by Gasteiger charge is 2.33. The van der Waals surface area contributed by atoms with E-state index in [0.717, 1.165) is 21.4 Å². The van der Waals surface area contributed by atoms with Gasteiger partial charge in [-0.15, -0.1) is 0 Å². The van der Waals surface area contributed by atoms with E-state index in [1.54, 1.807) is 18.4 Å². The molecule has 38 heavy (non-hydrogen) atoms. The maximum atomic E-state index is 13.7. The molecular weight excluding hydrogens is 564 g/mol. The van der Waals surface area contributed by atoms with Gasteiger partial charge in [-0.05, 0) is 37.5 Å². The van der Waals surface area contributed by atoms with E-state index in [1.807, 2.05) is 78.9 Å². The van der Waals surface area contributed by atoms with Crippen molar-refractivity contribution in [1.82, 2.24) is 4.57 Å². The number of halogens is 1. The highest BCUT2D eigenvalue weighted by Crippen LogP contribution is 2.32. The van der Waals surface area contributed by atoms with Gasteiger partial charge >= 0.3 is 5.97 Å². The molecule has 2 aromatic carbocycles. The molecule has 8 heteroatoms. The second-order valence-electron chi connectivity index (χ2n) is 9.01. The Balaban J connectivity index is 1.46. The molecule has 2 aliphatic rings. The van der Waals surface area contributed by atoms with Crippen LogP contribution in [-0.4, -0.2) is 17.1 Å². The van der Waals surface area contributed by atoms with Gasteiger partial charge in [0, 0.05) is 10.4 Å². The Bertz CT molecular complexity index is 1620. The predicted octanol–water partition coefficient (Wildman–Crippen LogP) is 5.15. The zero-order valence-electron chi connectivity index (χ0n) is 21.1. The number of rotatable bonds is 7. The third-order valence-corrected chi connectivity index (χ3v) is 8.13. The minimum Gasteiger partial charge on any atom is -0.488 e. The summed E-state index contributed by atoms with van der Waals surface area (Å²) in [5.74, 6) is 0.346. The molecule has 1 aromatic heterocycles. The predicted molar refractivity (Wildman–Crippen MR) is 152 cm³/mol. The number of aromatic nitrogens is 1. The van der Waals surface area contributed by atoms with Crippen molar-refractivity contribution in [2.45, 2.75) is 32.9 Å². The molecule has 2 heterocycles. The van der Waals surface area contributed by atoms with Crippen LogP contribution in [-0.2, 0) is 20.9 Å². The van der Waals surface area contributed by atoms with Crippen molar-refractivity contribution >= 4 is 39.3 Å². The zero-order valence-corrected chi connectivity index (χ0v) is 23.5. The van der Waals surface area contributed by atoms with Gasteiger partial charge in [-0.1, -0.05) is 100 Å². The molecular formula is C30H27BrN2O4S. The Hall–Kier alpha value is -3.49. The third-order valence-electron chi connectivity index (χ3n) is 6.41. The summed E-state index contributed by atoms with van der Waals surface area (Å²) in [6.45, 7) is 4.29. The molecule has 2 atom stereocenters. The van der Waals surface area contributed by atoms with E-state index in [2.05, 4.69) is 20.9 Å². The van der Waals surface area contributed by atoms with Crippen LogP contribution in [0, 0.1) is 5.92 Å². The van der Waals surface area contributed by atoms with Crippen molar-refractivity contribution in [2.24, 2.45) is 10.9 Å². The second-order valence-corrected chi connectivity index (χ2v) is 11.0. The fourth-order valence-corrected chi connectivity index (χ4v) is 6.32. The standard InChI is InChI=1S/C30H27BrN2O4S/c1-3-36-29(35)26-19(2)32-30-33(27(26)22-12-8-5-9-13-22)28(34)25(38-30)17-21-14-15-24(23(31)16-21)37-18-20-10-6-4-7-11-20/h4-15,17,21,27H,3,16,18H2,1-2H3/b25-17-/t21-,27+/m1/s1. The van der Waals surface area contributed by atoms with Crippen molar-refractivity contribution in [3.63, 3.8) is 0 Å². The number of allylic oxidation sites excluding steroid dienone is 4. The average molecular weight is 592 g/mol. The molecule has 0 saturated heterocycles. The van der Waals surface area contributed by atoms with Gasteiger partial charge in [0.15, 0.2) is 4.80 Å². The van der Waals surface area contributed by atoms with Gasteiger partial charge in [0.2, 0.25) is 0 Å². The van der Waals surface area contributed by atoms with Gasteiger partial charge < -0.3 is 9.47 Å². The first-order valence-electron chi connectivity index (χ1n) is 12.4. The number of fused-ring (bicyclic) bond motifs is 1. The van der Waals surface area contributed by atoms with Crippen molar-refractivity contribution in [1.29, 1.82) is 0 Å². The molecule has 0 N–H and O–H groups in total. The van der Waals surface area contributed by atoms with Crippen molar-refractivity contribution < 1.29 is 14.3 Å². The van der Waals surface area contributed by atoms with Gasteiger partial charge in [0.05, 0.1) is 28.5 Å². The topological polar surface area (TPSA) is 69.9 Å². The van der Waals surface area contributed by atoms with Crippen LogP contribution in [0.4, 0.5) is 0 Å². The van der Waals surface area contributed by atoms with E-state index in [9.17, 15) is 9.59 Å². The maximum Gasteiger partial charge on any atom is 0.338 e. The van der Waals surface area contributed by atoms with Crippen LogP contribution in [0.3, 0.4) is 0 Å². The summed E-state index contributed by atoms with van der Waals surface area (Å²) >= 11 is 5.01. The summed E-state index contributed by atoms with van der Waals surface area (Å²) in [5.41, 5.74) is 2.72. The molecule has 0 unspecified atom stereocenters. The highest BCUT2D eigenvalue weighted by molar-refractivity contribution is 9.11. The monoisotopic (exact) mass is 590 g/mol. The first-order chi connectivity index (χ1) is 18.5. The minimum atomic E-state index is -0.597. The summed E-state index contributed by atoms with van der Waals surface area (Å²) in [6.07, 6.45) is 6.65. The van der Waals surface area contributed by atoms with Crippen LogP contribution in [0.25, 0.3) is 6.08 Å². The van der Waals surface area contributed by atoms with Gasteiger partial charge in [-0.25, -0.2) is 9.79 Å². The normalized spacial score (nSPS) is 19.3. The lowest BCUT2D eigenvalue weighted by atomic mass is 9.96. The molecule has 5 rings (SSSR count). The first kappa shape index (κ1) is 26.1. The van der Waals surface area contributed by atoms with Gasteiger partial charge in [0.1, 0.15) is 12.4 Å². The maximum absolute atomic E-state index is 13.7. The lowest BCUT2D eigenvalue weighted by molar-refractivity contribution is -0.139. The highest BCUT2D eigenvalue weighted by atomic mass is 79.9. The Morgan fingerprint density at radius 1 is 1.16 bits per heavy atom. The average Bonchev–Trinajstić information content (AvgIpc) is 3.22. The number of esters is 1. The Morgan fingerprint density at radius 2 is 1.87 bits per heavy atom. The number of hydrogen-bond acceptors (Lipinski definition) is 6. The van der Waals surface area contributed by atoms with Gasteiger partial charge in [0.25, 0.3) is 5.56 Å². The van der Waals surface area contributed by atoms with Crippen molar-refractivity contribution in [3.8, 4) is 0 Å². The zero-order chi connectivity index (χ0) is 26.6. The molecule has 1 aliphatic carbocycles. The van der Waals surface area contributed by atoms with E-state index in [1.165, 1.54) is 11.3 Å². The summed E-state index contributed by atoms with van der Waals surface area (Å²) in [4.78, 5) is 31.9. The Labute approximate surface area is 233 Å². The number of thiazole rings is 1. The van der Waals surface area contributed by atoms with Gasteiger partial charge in [-0.3, -0.25) is 9.36 Å². The number of carbonyl (C=O) groups excluding carboxylic acids is 1. The van der Waals surface area contributed by atoms with Crippen LogP contribution in [0.2, 0.25) is 0 Å². The van der Waals surface area contributed by atoms with Crippen molar-refractivity contribution in [3.05, 3.63) is 125 Å². The number of carbonyl (C=O) groups is 1. The van der Waals surface area contributed by atoms with E-state index < -0.39 is 12.0 Å². The molecule has 0 saturated carbocycles. The molecule has 0 amide bonds. The molecule has 194 valence electrons. The Morgan fingerprint density at radius 3 is 2.55 bits per heavy atom. The first-order valence-corrected chi connectivity index (χ1v) is 14.1. The SMILES string of the molecule is CCOC(=O)C1=C(C)N=c2s/c(=C\[C@@H]3C=CC(OCc4ccccc4)=C(Br)C3)c(=O)n2[C@H]1c1ccccc1. The number of ether oxygens (including phenoxy) is 2. The molecule has 0 bridgehead atoms. The van der Waals surface area contributed by atoms with Crippen LogP contribution < -0.4 is 14.9 Å². The summed E-state index contributed by atoms with van der Waals surface area (Å²) in [6, 6.07) is 19.0. The molecule has 0 spiro atoms. The molecule has 0 fully saturated rings. The molecule has 0 radical (unpaired) electrons. The molecule has 1 aliphatic heterocycles. The third kappa shape index (κ3) is 5.37. The van der Waals surface area contributed by atoms with Crippen molar-refractivity contribution in [2.75, 3.05) is 6.61 Å². The van der Waals surface area contributed by atoms with Crippen LogP contribution >= 0.6 is 27.3 Å². The fraction of sp³-hybridized carbons (Fsp3) is 0.233. The minimum absolute atomic E-state index is 0.00983. The quantitative estimate of drug-likeness (QED) is 0.357. The van der Waals surface area contributed by atoms with E-state index in [4.69, 9.17) is 9.47 Å². The van der Waals surface area contributed by atoms with E-state index in [-0.39, 0.29) is 18.1 Å². The summed E-state index contributed by atoms with van der Waals surface area (Å²) in [5, 5.41) is 0. The lowest BCUT2D eigenvalue weighted by Gasteiger charge is -2.24. The van der Waals surface area contributed by atoms with Crippen LogP contribution in [0.15, 0.2) is 104 Å². The van der Waals surface area contributed by atoms with E-state index in [0.29, 0.717) is 33.6 Å². The number of nitrogens with zero attached hydrogens (tertiary/aromatic N) is 2. The smallest absolute Gasteiger partial charge is 0.338 e.